The van der Waals surface area contributed by atoms with E-state index in [1.54, 1.807) is 0 Å². The van der Waals surface area contributed by atoms with E-state index < -0.39 is 20.8 Å². The van der Waals surface area contributed by atoms with Gasteiger partial charge in [-0.15, -0.1) is 0 Å². The molecule has 0 amide bonds. The van der Waals surface area contributed by atoms with Crippen molar-refractivity contribution in [2.24, 2.45) is 0 Å². The molecule has 0 unspecified atom stereocenters. The van der Waals surface area contributed by atoms with Gasteiger partial charge in [0.15, 0.2) is 0 Å². The monoisotopic (exact) mass is 210 g/mol. The van der Waals surface area contributed by atoms with E-state index in [4.69, 9.17) is 35.0 Å². The van der Waals surface area contributed by atoms with Crippen molar-refractivity contribution in [2.75, 3.05) is 0 Å². The molecule has 0 heterocycles. The highest BCUT2D eigenvalue weighted by Crippen LogP contribution is 1.58. The fraction of sp³-hybridized carbons (Fsp3) is 0. The molecule has 0 aliphatic carbocycles. The minimum absolute atomic E-state index is 0. The van der Waals surface area contributed by atoms with Crippen molar-refractivity contribution in [1.82, 2.24) is 0 Å². The summed E-state index contributed by atoms with van der Waals surface area (Å²) >= 11 is 0. The van der Waals surface area contributed by atoms with E-state index in [0.29, 0.717) is 0 Å². The molecule has 0 aliphatic rings. The summed E-state index contributed by atoms with van der Waals surface area (Å²) in [6.07, 6.45) is 0. The Bertz CT molecular complexity index is 204. The van der Waals surface area contributed by atoms with Gasteiger partial charge in [-0.3, -0.25) is 16.8 Å². The molecule has 9 nitrogen and oxygen atoms in total. The molecule has 0 fully saturated rings. The lowest BCUT2D eigenvalue weighted by Gasteiger charge is -2.06. The second-order valence-corrected chi connectivity index (χ2v) is 2.45. The highest BCUT2D eigenvalue weighted by Gasteiger charge is 1.50. The lowest BCUT2D eigenvalue weighted by molar-refractivity contribution is 0.350. The molecule has 0 bridgehead atoms. The first kappa shape index (κ1) is 17.0. The highest BCUT2D eigenvalue weighted by atomic mass is 32.3. The van der Waals surface area contributed by atoms with Crippen LogP contribution < -0.4 is 0 Å². The predicted octanol–water partition coefficient (Wildman–Crippen LogP) is -3.50. The van der Waals surface area contributed by atoms with Crippen molar-refractivity contribution in [2.45, 2.75) is 0 Å². The van der Waals surface area contributed by atoms with Crippen LogP contribution in [0.4, 0.5) is 0 Å². The Morgan fingerprint density at radius 1 is 0.636 bits per heavy atom. The first-order valence-electron chi connectivity index (χ1n) is 1.33. The van der Waals surface area contributed by atoms with Gasteiger partial charge in [-0.05, 0) is 0 Å². The summed E-state index contributed by atoms with van der Waals surface area (Å²) in [7, 11) is -10.3. The van der Waals surface area contributed by atoms with Crippen molar-refractivity contribution in [3.8, 4) is 0 Å². The zero-order chi connectivity index (χ0) is 9.00. The normalized spacial score (nSPS) is 10.5. The van der Waals surface area contributed by atoms with Crippen LogP contribution in [0.1, 0.15) is 0 Å². The SMILES string of the molecule is O.O=S(=O)([O-])[O-].O=S(=O)([O-])[O-]. The Kier molecular flexibility index (Phi) is 8.28. The lowest BCUT2D eigenvalue weighted by Crippen LogP contribution is -1.91. The quantitative estimate of drug-likeness (QED) is 0.290. The summed E-state index contributed by atoms with van der Waals surface area (Å²) in [6, 6.07) is 0. The molecule has 0 aromatic heterocycles. The van der Waals surface area contributed by atoms with Crippen molar-refractivity contribution in [3.63, 3.8) is 0 Å². The van der Waals surface area contributed by atoms with Gasteiger partial charge in [0, 0.05) is 20.8 Å². The second kappa shape index (κ2) is 5.36. The Morgan fingerprint density at radius 3 is 0.636 bits per heavy atom. The van der Waals surface area contributed by atoms with Crippen LogP contribution in [0, 0.1) is 0 Å². The van der Waals surface area contributed by atoms with Gasteiger partial charge in [-0.2, -0.15) is 0 Å². The molecular weight excluding hydrogens is 208 g/mol. The Hall–Kier alpha value is -0.300. The smallest absolute Gasteiger partial charge is 0.0311 e. The average Bonchev–Trinajstić information content (AvgIpc) is 1.12. The maximum atomic E-state index is 8.52. The van der Waals surface area contributed by atoms with Crippen LogP contribution >= 0.6 is 0 Å². The van der Waals surface area contributed by atoms with Crippen LogP contribution in [-0.4, -0.2) is 40.5 Å². The third kappa shape index (κ3) is 6390. The Labute approximate surface area is 62.1 Å². The average molecular weight is 210 g/mol. The van der Waals surface area contributed by atoms with Crippen molar-refractivity contribution < 1.29 is 40.5 Å². The molecule has 2 N–H and O–H groups in total. The second-order valence-electron chi connectivity index (χ2n) is 0.816. The molecule has 11 heavy (non-hydrogen) atoms. The largest absolute Gasteiger partial charge is 0.759 e. The summed E-state index contributed by atoms with van der Waals surface area (Å²) < 4.78 is 68.2. The van der Waals surface area contributed by atoms with Gasteiger partial charge in [-0.1, -0.05) is 0 Å². The van der Waals surface area contributed by atoms with E-state index >= 15 is 0 Å². The summed E-state index contributed by atoms with van der Waals surface area (Å²) in [5.74, 6) is 0. The topological polar surface area (TPSA) is 192 Å². The van der Waals surface area contributed by atoms with Gasteiger partial charge in [0.1, 0.15) is 0 Å². The standard InChI is InChI=1S/2H2O4S.H2O/c2*1-5(2,3)4;/h2*(H2,1,2,3,4);1H2/p-4. The van der Waals surface area contributed by atoms with E-state index in [1.165, 1.54) is 0 Å². The van der Waals surface area contributed by atoms with E-state index in [0.717, 1.165) is 0 Å². The fourth-order valence-corrected chi connectivity index (χ4v) is 0. The Balaban J connectivity index is -0.000000107. The van der Waals surface area contributed by atoms with E-state index in [2.05, 4.69) is 0 Å². The van der Waals surface area contributed by atoms with E-state index in [9.17, 15) is 0 Å². The first-order chi connectivity index (χ1) is 4.00. The third-order valence-corrected chi connectivity index (χ3v) is 0. The van der Waals surface area contributed by atoms with Crippen molar-refractivity contribution in [1.29, 1.82) is 0 Å². The maximum Gasteiger partial charge on any atom is 0.0311 e. The fourth-order valence-electron chi connectivity index (χ4n) is 0. The van der Waals surface area contributed by atoms with Crippen molar-refractivity contribution >= 4 is 20.8 Å². The molecule has 0 radical (unpaired) electrons. The van der Waals surface area contributed by atoms with Crippen LogP contribution in [0.25, 0.3) is 0 Å². The van der Waals surface area contributed by atoms with Gasteiger partial charge in [0.05, 0.1) is 0 Å². The molecule has 0 aromatic carbocycles. The number of rotatable bonds is 0. The maximum absolute atomic E-state index is 8.52. The van der Waals surface area contributed by atoms with Gasteiger partial charge < -0.3 is 23.7 Å². The van der Waals surface area contributed by atoms with Gasteiger partial charge in [-0.25, -0.2) is 0 Å². The van der Waals surface area contributed by atoms with Gasteiger partial charge in [0.2, 0.25) is 0 Å². The van der Waals surface area contributed by atoms with Crippen LogP contribution in [0.15, 0.2) is 0 Å². The zero-order valence-corrected chi connectivity index (χ0v) is 6.22. The Morgan fingerprint density at radius 2 is 0.636 bits per heavy atom. The number of hydrogen-bond donors (Lipinski definition) is 0. The van der Waals surface area contributed by atoms with Crippen LogP contribution in [0.5, 0.6) is 0 Å². The molecule has 0 rings (SSSR count). The molecule has 11 heteroatoms. The minimum atomic E-state index is -5.17. The molecule has 0 spiro atoms. The lowest BCUT2D eigenvalue weighted by atomic mass is 15.8. The molecule has 0 aromatic rings. The van der Waals surface area contributed by atoms with Crippen LogP contribution in [0.3, 0.4) is 0 Å². The highest BCUT2D eigenvalue weighted by molar-refractivity contribution is 7.79. The van der Waals surface area contributed by atoms with Gasteiger partial charge >= 0.3 is 0 Å². The molecule has 0 saturated heterocycles. The third-order valence-electron chi connectivity index (χ3n) is 0. The van der Waals surface area contributed by atoms with E-state index in [1.807, 2.05) is 0 Å². The number of hydrogen-bond acceptors (Lipinski definition) is 8. The molecule has 72 valence electrons. The van der Waals surface area contributed by atoms with Crippen LogP contribution in [0.2, 0.25) is 0 Å². The molecule has 0 saturated carbocycles. The molecule has 0 atom stereocenters. The predicted molar refractivity (Wildman–Crippen MR) is 24.6 cm³/mol. The minimum Gasteiger partial charge on any atom is -0.759 e. The van der Waals surface area contributed by atoms with Gasteiger partial charge in [0.25, 0.3) is 0 Å². The molecule has 0 aliphatic heterocycles. The van der Waals surface area contributed by atoms with Crippen LogP contribution in [-0.2, 0) is 20.8 Å². The van der Waals surface area contributed by atoms with E-state index in [-0.39, 0.29) is 5.48 Å². The summed E-state index contributed by atoms with van der Waals surface area (Å²) in [5, 5.41) is 0. The van der Waals surface area contributed by atoms with Crippen molar-refractivity contribution in [3.05, 3.63) is 0 Å². The summed E-state index contributed by atoms with van der Waals surface area (Å²) in [5.41, 5.74) is 0. The zero-order valence-electron chi connectivity index (χ0n) is 4.58. The molecular formula is H2O9S2-4. The summed E-state index contributed by atoms with van der Waals surface area (Å²) in [4.78, 5) is 0. The first-order valence-corrected chi connectivity index (χ1v) is 4.00. The summed E-state index contributed by atoms with van der Waals surface area (Å²) in [6.45, 7) is 0.